The van der Waals surface area contributed by atoms with Crippen LogP contribution in [-0.2, 0) is 27.1 Å². The average Bonchev–Trinajstić information content (AvgIpc) is 0.718. The molecule has 0 saturated carbocycles. The van der Waals surface area contributed by atoms with Crippen molar-refractivity contribution in [3.8, 4) is 50.2 Å². The van der Waals surface area contributed by atoms with E-state index in [-0.39, 0.29) is 51.4 Å². The predicted octanol–water partition coefficient (Wildman–Crippen LogP) is 23.9. The first-order chi connectivity index (χ1) is 48.3. The van der Waals surface area contributed by atoms with E-state index in [9.17, 15) is 2.74 Å². The van der Waals surface area contributed by atoms with E-state index in [1.54, 1.807) is 0 Å². The predicted molar refractivity (Wildman–Crippen MR) is 417 cm³/mol. The first-order valence-corrected chi connectivity index (χ1v) is 34.4. The minimum absolute atomic E-state index is 0.0936. The molecule has 4 heterocycles. The average molecular weight is 1270 g/mol. The van der Waals surface area contributed by atoms with Crippen molar-refractivity contribution in [1.29, 1.82) is 0 Å². The molecule has 16 rings (SSSR count). The van der Waals surface area contributed by atoms with Gasteiger partial charge in [-0.2, -0.15) is 0 Å². The van der Waals surface area contributed by atoms with Crippen molar-refractivity contribution in [2.75, 3.05) is 9.80 Å². The van der Waals surface area contributed by atoms with Crippen LogP contribution in [0.25, 0.3) is 93.9 Å². The van der Waals surface area contributed by atoms with Gasteiger partial charge in [-0.05, 0) is 184 Å². The van der Waals surface area contributed by atoms with Crippen LogP contribution in [0.3, 0.4) is 0 Å². The maximum Gasteiger partial charge on any atom is 0.252 e. The summed E-state index contributed by atoms with van der Waals surface area (Å²) in [5.41, 5.74) is 25.8. The topological polar surface area (TPSA) is 24.6 Å². The number of nitrogens with zero attached hydrogens (tertiary/aromatic N) is 3. The Labute approximate surface area is 581 Å². The standard InChI is InChI=1S/C92H86BN3O/c1-88(2,3)62-38-35-60(36-39-62)68-43-48-83-84(69-33-25-26-34-82(69)97-83)87(68)96-78-49-61(57-27-19-16-20-28-57)37-44-74(78)93-75-45-42-67(94-76-46-40-63(89(4,5)6)50-72(76)73-51-64(90(7,8)9)41-47-77(73)94)56-79(75)95(80-54-66(92(13,14)15)55-81(96)85(80)93)86-70(58-29-21-17-22-30-58)52-65(91(10,11)12)53-71(86)59-31-23-18-24-32-59/h16-56H,1-15H3/i16D,19D,20D,27D,28D. The van der Waals surface area contributed by atoms with E-state index in [0.717, 1.165) is 128 Å². The zero-order valence-corrected chi connectivity index (χ0v) is 58.6. The van der Waals surface area contributed by atoms with Gasteiger partial charge in [0.2, 0.25) is 0 Å². The second-order valence-electron chi connectivity index (χ2n) is 32.3. The lowest BCUT2D eigenvalue weighted by atomic mass is 9.33. The van der Waals surface area contributed by atoms with Gasteiger partial charge in [0.15, 0.2) is 0 Å². The van der Waals surface area contributed by atoms with Crippen LogP contribution >= 0.6 is 0 Å². The minimum atomic E-state index is -0.433. The van der Waals surface area contributed by atoms with Crippen molar-refractivity contribution in [2.45, 2.75) is 131 Å². The number of furan rings is 1. The molecule has 5 heteroatoms. The summed E-state index contributed by atoms with van der Waals surface area (Å²) in [6, 6.07) is 79.2. The van der Waals surface area contributed by atoms with Crippen LogP contribution in [0, 0.1) is 0 Å². The first kappa shape index (κ1) is 56.1. The van der Waals surface area contributed by atoms with Gasteiger partial charge in [-0.15, -0.1) is 0 Å². The summed E-state index contributed by atoms with van der Waals surface area (Å²) >= 11 is 0. The summed E-state index contributed by atoms with van der Waals surface area (Å²) in [5.74, 6) is 0. The molecule has 12 aromatic carbocycles. The zero-order valence-electron chi connectivity index (χ0n) is 63.6. The van der Waals surface area contributed by atoms with Crippen molar-refractivity contribution >= 4 is 101 Å². The normalized spacial score (nSPS) is 14.2. The van der Waals surface area contributed by atoms with Gasteiger partial charge in [-0.25, -0.2) is 0 Å². The number of rotatable bonds is 7. The molecule has 478 valence electrons. The molecule has 0 aliphatic carbocycles. The van der Waals surface area contributed by atoms with Gasteiger partial charge < -0.3 is 18.8 Å². The molecule has 2 aliphatic heterocycles. The van der Waals surface area contributed by atoms with Crippen LogP contribution < -0.4 is 26.2 Å². The Kier molecular flexibility index (Phi) is 12.9. The number of hydrogen-bond donors (Lipinski definition) is 0. The van der Waals surface area contributed by atoms with Crippen molar-refractivity contribution in [2.24, 2.45) is 0 Å². The summed E-state index contributed by atoms with van der Waals surface area (Å²) in [6.45, 7) is 34.0. The second kappa shape index (κ2) is 22.2. The molecule has 0 N–H and O–H groups in total. The van der Waals surface area contributed by atoms with Gasteiger partial charge >= 0.3 is 0 Å². The largest absolute Gasteiger partial charge is 0.456 e. The third-order valence-corrected chi connectivity index (χ3v) is 20.6. The van der Waals surface area contributed by atoms with Crippen LogP contribution in [0.1, 0.15) is 139 Å². The van der Waals surface area contributed by atoms with Gasteiger partial charge in [0.05, 0.1) is 34.6 Å². The highest BCUT2D eigenvalue weighted by Gasteiger charge is 2.46. The van der Waals surface area contributed by atoms with Crippen LogP contribution in [-0.4, -0.2) is 11.3 Å². The Morgan fingerprint density at radius 2 is 0.804 bits per heavy atom. The van der Waals surface area contributed by atoms with E-state index in [2.05, 4.69) is 318 Å². The molecule has 0 unspecified atom stereocenters. The highest BCUT2D eigenvalue weighted by molar-refractivity contribution is 7.00. The second-order valence-corrected chi connectivity index (χ2v) is 32.3. The van der Waals surface area contributed by atoms with Crippen molar-refractivity contribution in [3.63, 3.8) is 0 Å². The fourth-order valence-electron chi connectivity index (χ4n) is 15.2. The Morgan fingerprint density at radius 3 is 1.36 bits per heavy atom. The van der Waals surface area contributed by atoms with Crippen LogP contribution in [0.15, 0.2) is 253 Å². The van der Waals surface area contributed by atoms with Gasteiger partial charge in [-0.3, -0.25) is 0 Å². The molecule has 0 amide bonds. The molecule has 0 bridgehead atoms. The maximum atomic E-state index is 9.60. The highest BCUT2D eigenvalue weighted by Crippen LogP contribution is 2.56. The number of para-hydroxylation sites is 1. The van der Waals surface area contributed by atoms with E-state index in [1.807, 2.05) is 18.2 Å². The van der Waals surface area contributed by atoms with Crippen LogP contribution in [0.4, 0.5) is 34.1 Å². The van der Waals surface area contributed by atoms with E-state index < -0.39 is 18.2 Å². The van der Waals surface area contributed by atoms with Crippen LogP contribution in [0.5, 0.6) is 0 Å². The number of hydrogen-bond acceptors (Lipinski definition) is 3. The summed E-state index contributed by atoms with van der Waals surface area (Å²) in [4.78, 5) is 5.09. The Balaban J connectivity index is 1.10. The van der Waals surface area contributed by atoms with Crippen molar-refractivity contribution in [3.05, 3.63) is 276 Å². The molecule has 2 aromatic heterocycles. The summed E-state index contributed by atoms with van der Waals surface area (Å²) < 4.78 is 55.6. The fourth-order valence-corrected chi connectivity index (χ4v) is 15.2. The van der Waals surface area contributed by atoms with Gasteiger partial charge in [-0.1, -0.05) is 268 Å². The molecule has 0 fully saturated rings. The fraction of sp³-hybridized carbons (Fsp3) is 0.217. The molecule has 0 atom stereocenters. The molecular formula is C92H86BN3O. The smallest absolute Gasteiger partial charge is 0.252 e. The quantitative estimate of drug-likeness (QED) is 0.149. The van der Waals surface area contributed by atoms with E-state index >= 15 is 0 Å². The van der Waals surface area contributed by atoms with Gasteiger partial charge in [0.1, 0.15) is 11.2 Å². The third kappa shape index (κ3) is 10.3. The van der Waals surface area contributed by atoms with E-state index in [1.165, 1.54) is 33.0 Å². The lowest BCUT2D eigenvalue weighted by Crippen LogP contribution is -2.61. The molecule has 2 aliphatic rings. The SMILES string of the molecule is [2H]c1c([2H])c([2H])c(-c2ccc3c(c2)N(c2c(-c4ccc(C(C)(C)C)cc4)ccc4oc5ccccc5c24)c2cc(C(C)(C)C)cc4c2B3c2ccc(-n3c5ccc(C(C)(C)C)cc5c5cc(C(C)(C)C)ccc53)cc2N4c2c(-c3ccccc3)cc(C(C)(C)C)cc2-c2ccccc2)c([2H])c1[2H]. The molecule has 14 aromatic rings. The lowest BCUT2D eigenvalue weighted by molar-refractivity contribution is 0.590. The molecule has 0 spiro atoms. The zero-order chi connectivity index (χ0) is 71.8. The monoisotopic (exact) mass is 1260 g/mol. The summed E-state index contributed by atoms with van der Waals surface area (Å²) in [7, 11) is 0. The molecule has 4 nitrogen and oxygen atoms in total. The Hall–Kier alpha value is -10.1. The number of benzene rings is 12. The molecule has 0 saturated heterocycles. The minimum Gasteiger partial charge on any atom is -0.456 e. The third-order valence-electron chi connectivity index (χ3n) is 20.6. The Morgan fingerprint density at radius 1 is 0.330 bits per heavy atom. The summed E-state index contributed by atoms with van der Waals surface area (Å²) in [6.07, 6.45) is 0. The number of anilines is 6. The molecule has 0 radical (unpaired) electrons. The van der Waals surface area contributed by atoms with Crippen molar-refractivity contribution in [1.82, 2.24) is 4.57 Å². The summed E-state index contributed by atoms with van der Waals surface area (Å²) in [5, 5.41) is 4.30. The number of fused-ring (bicyclic) bond motifs is 10. The Bertz CT molecular complexity index is 5630. The van der Waals surface area contributed by atoms with E-state index in [0.29, 0.717) is 5.56 Å². The van der Waals surface area contributed by atoms with Crippen LogP contribution in [0.2, 0.25) is 0 Å². The molecular weight excluding hydrogens is 1170 g/mol. The molecule has 97 heavy (non-hydrogen) atoms. The van der Waals surface area contributed by atoms with Gasteiger partial charge in [0, 0.05) is 61.3 Å². The number of aromatic nitrogens is 1. The van der Waals surface area contributed by atoms with Crippen molar-refractivity contribution < 1.29 is 11.3 Å². The van der Waals surface area contributed by atoms with E-state index in [4.69, 9.17) is 8.53 Å². The highest BCUT2D eigenvalue weighted by atomic mass is 16.3. The lowest BCUT2D eigenvalue weighted by Gasteiger charge is -2.46. The van der Waals surface area contributed by atoms with Gasteiger partial charge in [0.25, 0.3) is 6.71 Å². The first-order valence-electron chi connectivity index (χ1n) is 36.9. The maximum absolute atomic E-state index is 9.60.